The molecule has 0 unspecified atom stereocenters. The van der Waals surface area contributed by atoms with Gasteiger partial charge < -0.3 is 10.3 Å². The number of furan rings is 1. The standard InChI is InChI=1S/C45H35N3O/c46-47-45(34-23-18-31(19-24-34)35-25-22-33-21-20-32-12-7-8-15-38(32)40(33)28-35)48(37-13-5-2-6-14-37)41-16-9-17-42-44(41)39-27-26-36(29-43(39)49-42)30-10-3-1-4-11-30/h1,3-5,7-8,10-16,18-29H,2,6,9,17,46H2/b47-45-. The van der Waals surface area contributed by atoms with E-state index in [0.29, 0.717) is 5.84 Å². The van der Waals surface area contributed by atoms with Crippen molar-refractivity contribution >= 4 is 44.0 Å². The molecule has 6 aromatic carbocycles. The Hall–Kier alpha value is -6.13. The van der Waals surface area contributed by atoms with E-state index in [1.165, 1.54) is 32.7 Å². The van der Waals surface area contributed by atoms with E-state index in [1.807, 2.05) is 6.07 Å². The lowest BCUT2D eigenvalue weighted by atomic mass is 9.94. The average Bonchev–Trinajstić information content (AvgIpc) is 3.56. The van der Waals surface area contributed by atoms with Gasteiger partial charge in [0.15, 0.2) is 5.84 Å². The number of nitrogens with two attached hydrogens (primary N) is 1. The summed E-state index contributed by atoms with van der Waals surface area (Å²) in [5.74, 6) is 8.02. The Balaban J connectivity index is 1.11. The van der Waals surface area contributed by atoms with Crippen LogP contribution in [0.2, 0.25) is 0 Å². The summed E-state index contributed by atoms with van der Waals surface area (Å²) >= 11 is 0. The van der Waals surface area contributed by atoms with E-state index in [2.05, 4.69) is 156 Å². The first-order valence-electron chi connectivity index (χ1n) is 17.0. The minimum Gasteiger partial charge on any atom is -0.460 e. The fraction of sp³-hybridized carbons (Fsp3) is 0.0889. The van der Waals surface area contributed by atoms with E-state index in [4.69, 9.17) is 10.3 Å². The van der Waals surface area contributed by atoms with Crippen molar-refractivity contribution in [3.63, 3.8) is 0 Å². The molecule has 1 aromatic heterocycles. The molecule has 4 nitrogen and oxygen atoms in total. The summed E-state index contributed by atoms with van der Waals surface area (Å²) in [4.78, 5) is 2.23. The summed E-state index contributed by atoms with van der Waals surface area (Å²) in [6.07, 6.45) is 12.7. The number of hydrazone groups is 1. The first kappa shape index (κ1) is 29.0. The molecular weight excluding hydrogens is 599 g/mol. The number of aryl methyl sites for hydroxylation is 1. The molecule has 49 heavy (non-hydrogen) atoms. The molecular formula is C45H35N3O. The summed E-state index contributed by atoms with van der Waals surface area (Å²) in [6, 6.07) is 45.3. The van der Waals surface area contributed by atoms with Crippen molar-refractivity contribution in [2.45, 2.75) is 25.7 Å². The lowest BCUT2D eigenvalue weighted by Crippen LogP contribution is -2.31. The fourth-order valence-electron chi connectivity index (χ4n) is 7.46. The number of benzene rings is 6. The highest BCUT2D eigenvalue weighted by Gasteiger charge is 2.30. The van der Waals surface area contributed by atoms with Gasteiger partial charge in [0.1, 0.15) is 11.3 Å². The van der Waals surface area contributed by atoms with Gasteiger partial charge in [0.2, 0.25) is 0 Å². The number of hydrogen-bond donors (Lipinski definition) is 1. The molecule has 0 amide bonds. The Bertz CT molecular complexity index is 2500. The zero-order valence-electron chi connectivity index (χ0n) is 27.1. The predicted octanol–water partition coefficient (Wildman–Crippen LogP) is 11.2. The molecule has 236 valence electrons. The molecule has 0 saturated heterocycles. The monoisotopic (exact) mass is 633 g/mol. The second-order valence-electron chi connectivity index (χ2n) is 12.8. The SMILES string of the molecule is N/N=C(/c1ccc(-c2ccc3ccc4ccccc4c3c2)cc1)N(C1=CCCC=C1)C1=CCCc2oc3cc(-c4ccccc4)ccc3c21. The van der Waals surface area contributed by atoms with Crippen LogP contribution in [0.4, 0.5) is 0 Å². The van der Waals surface area contributed by atoms with Gasteiger partial charge in [0, 0.05) is 28.6 Å². The number of amidine groups is 1. The second kappa shape index (κ2) is 12.1. The van der Waals surface area contributed by atoms with Crippen LogP contribution in [0.15, 0.2) is 167 Å². The predicted molar refractivity (Wildman–Crippen MR) is 204 cm³/mol. The molecule has 0 saturated carbocycles. The largest absolute Gasteiger partial charge is 0.460 e. The van der Waals surface area contributed by atoms with Gasteiger partial charge in [0.05, 0.1) is 5.70 Å². The molecule has 0 bridgehead atoms. The quantitative estimate of drug-likeness (QED) is 0.0675. The second-order valence-corrected chi connectivity index (χ2v) is 12.8. The molecule has 0 atom stereocenters. The third kappa shape index (κ3) is 5.13. The van der Waals surface area contributed by atoms with Crippen LogP contribution in [0, 0.1) is 0 Å². The van der Waals surface area contributed by atoms with Crippen LogP contribution in [0.5, 0.6) is 0 Å². The maximum absolute atomic E-state index is 6.59. The van der Waals surface area contributed by atoms with E-state index >= 15 is 0 Å². The Morgan fingerprint density at radius 2 is 1.33 bits per heavy atom. The summed E-state index contributed by atoms with van der Waals surface area (Å²) < 4.78 is 6.59. The fourth-order valence-corrected chi connectivity index (χ4v) is 7.46. The molecule has 2 aliphatic rings. The van der Waals surface area contributed by atoms with Gasteiger partial charge in [-0.05, 0) is 87.3 Å². The third-order valence-electron chi connectivity index (χ3n) is 9.87. The highest BCUT2D eigenvalue weighted by atomic mass is 16.3. The summed E-state index contributed by atoms with van der Waals surface area (Å²) in [5, 5.41) is 10.6. The van der Waals surface area contributed by atoms with Crippen LogP contribution >= 0.6 is 0 Å². The average molecular weight is 634 g/mol. The van der Waals surface area contributed by atoms with Crippen molar-refractivity contribution in [2.75, 3.05) is 0 Å². The Morgan fingerprint density at radius 1 is 0.612 bits per heavy atom. The minimum atomic E-state index is 0.697. The normalized spacial score (nSPS) is 14.6. The Labute approximate surface area is 285 Å². The van der Waals surface area contributed by atoms with E-state index in [1.54, 1.807) is 0 Å². The maximum Gasteiger partial charge on any atom is 0.164 e. The van der Waals surface area contributed by atoms with Crippen LogP contribution in [-0.2, 0) is 6.42 Å². The number of hydrogen-bond acceptors (Lipinski definition) is 3. The third-order valence-corrected chi connectivity index (χ3v) is 9.87. The van der Waals surface area contributed by atoms with Crippen LogP contribution in [0.25, 0.3) is 60.5 Å². The molecule has 4 heteroatoms. The van der Waals surface area contributed by atoms with Gasteiger partial charge >= 0.3 is 0 Å². The lowest BCUT2D eigenvalue weighted by molar-refractivity contribution is 0.541. The maximum atomic E-state index is 6.59. The lowest BCUT2D eigenvalue weighted by Gasteiger charge is -2.32. The molecule has 0 fully saturated rings. The highest BCUT2D eigenvalue weighted by Crippen LogP contribution is 2.41. The van der Waals surface area contributed by atoms with Gasteiger partial charge in [-0.15, -0.1) is 0 Å². The number of rotatable bonds is 5. The van der Waals surface area contributed by atoms with E-state index in [9.17, 15) is 0 Å². The smallest absolute Gasteiger partial charge is 0.164 e. The van der Waals surface area contributed by atoms with Crippen LogP contribution in [0.3, 0.4) is 0 Å². The van der Waals surface area contributed by atoms with Crippen molar-refractivity contribution in [3.8, 4) is 22.3 Å². The van der Waals surface area contributed by atoms with Crippen molar-refractivity contribution in [1.29, 1.82) is 0 Å². The molecule has 7 aromatic rings. The Kier molecular flexibility index (Phi) is 7.20. The summed E-state index contributed by atoms with van der Waals surface area (Å²) in [6.45, 7) is 0. The van der Waals surface area contributed by atoms with E-state index < -0.39 is 0 Å². The number of allylic oxidation sites excluding steroid dienone is 4. The summed E-state index contributed by atoms with van der Waals surface area (Å²) in [5.41, 5.74) is 9.71. The van der Waals surface area contributed by atoms with Gasteiger partial charge in [0.25, 0.3) is 0 Å². The van der Waals surface area contributed by atoms with Gasteiger partial charge in [-0.1, -0.05) is 127 Å². The first-order chi connectivity index (χ1) is 24.2. The zero-order valence-corrected chi connectivity index (χ0v) is 27.1. The Morgan fingerprint density at radius 3 is 2.14 bits per heavy atom. The van der Waals surface area contributed by atoms with Gasteiger partial charge in [-0.25, -0.2) is 0 Å². The molecule has 1 heterocycles. The summed E-state index contributed by atoms with van der Waals surface area (Å²) in [7, 11) is 0. The van der Waals surface area contributed by atoms with Gasteiger partial charge in [-0.2, -0.15) is 5.10 Å². The molecule has 9 rings (SSSR count). The highest BCUT2D eigenvalue weighted by molar-refractivity contribution is 6.10. The molecule has 2 N–H and O–H groups in total. The van der Waals surface area contributed by atoms with Crippen molar-refractivity contribution in [3.05, 3.63) is 174 Å². The van der Waals surface area contributed by atoms with Crippen molar-refractivity contribution in [1.82, 2.24) is 4.90 Å². The van der Waals surface area contributed by atoms with Crippen LogP contribution in [-0.4, -0.2) is 10.7 Å². The molecule has 0 aliphatic heterocycles. The van der Waals surface area contributed by atoms with Gasteiger partial charge in [-0.3, -0.25) is 4.90 Å². The first-order valence-corrected chi connectivity index (χ1v) is 17.0. The van der Waals surface area contributed by atoms with Crippen LogP contribution < -0.4 is 5.84 Å². The van der Waals surface area contributed by atoms with E-state index in [-0.39, 0.29) is 0 Å². The molecule has 0 radical (unpaired) electrons. The topological polar surface area (TPSA) is 54.8 Å². The molecule has 0 spiro atoms. The van der Waals surface area contributed by atoms with E-state index in [0.717, 1.165) is 76.1 Å². The number of fused-ring (bicyclic) bond motifs is 6. The van der Waals surface area contributed by atoms with Crippen molar-refractivity contribution < 1.29 is 4.42 Å². The van der Waals surface area contributed by atoms with Crippen molar-refractivity contribution in [2.24, 2.45) is 10.9 Å². The molecule has 2 aliphatic carbocycles. The van der Waals surface area contributed by atoms with Crippen LogP contribution in [0.1, 0.15) is 36.1 Å². The number of nitrogens with zero attached hydrogens (tertiary/aromatic N) is 2. The zero-order chi connectivity index (χ0) is 32.7. The minimum absolute atomic E-state index is 0.697.